The second kappa shape index (κ2) is 8.91. The molecule has 0 saturated carbocycles. The Bertz CT molecular complexity index is 989. The lowest BCUT2D eigenvalue weighted by Crippen LogP contribution is -2.46. The quantitative estimate of drug-likeness (QED) is 0.627. The molecule has 0 aromatic heterocycles. The number of hydrogen-bond donors (Lipinski definition) is 1. The van der Waals surface area contributed by atoms with Crippen LogP contribution < -0.4 is 19.7 Å². The second-order valence-corrected chi connectivity index (χ2v) is 7.43. The van der Waals surface area contributed by atoms with Crippen molar-refractivity contribution in [2.75, 3.05) is 23.9 Å². The molecule has 0 saturated heterocycles. The molecule has 0 aliphatic carbocycles. The van der Waals surface area contributed by atoms with Gasteiger partial charge in [-0.25, -0.2) is 0 Å². The summed E-state index contributed by atoms with van der Waals surface area (Å²) in [4.78, 5) is 15.0. The fraction of sp³-hybridized carbons (Fsp3) is 0.240. The van der Waals surface area contributed by atoms with Gasteiger partial charge in [0.1, 0.15) is 11.5 Å². The number of fused-ring (bicyclic) bond motifs is 1. The van der Waals surface area contributed by atoms with Gasteiger partial charge < -0.3 is 19.7 Å². The molecule has 0 spiro atoms. The van der Waals surface area contributed by atoms with E-state index < -0.39 is 0 Å². The molecule has 2 atom stereocenters. The first-order valence-corrected chi connectivity index (χ1v) is 10.1. The lowest BCUT2D eigenvalue weighted by Gasteiger charge is -2.40. The highest BCUT2D eigenvalue weighted by Gasteiger charge is 2.33. The number of rotatable bonds is 6. The minimum absolute atomic E-state index is 0.0121. The van der Waals surface area contributed by atoms with Crippen molar-refractivity contribution in [2.24, 2.45) is 0 Å². The van der Waals surface area contributed by atoms with E-state index in [2.05, 4.69) is 30.4 Å². The first kappa shape index (κ1) is 19.8. The number of methoxy groups -OCH3 is 1. The molecular formula is C25H26N2O3. The van der Waals surface area contributed by atoms with Crippen LogP contribution in [0.2, 0.25) is 0 Å². The number of carbonyl (C=O) groups is 1. The molecule has 1 aliphatic heterocycles. The smallest absolute Gasteiger partial charge is 0.265 e. The van der Waals surface area contributed by atoms with E-state index in [0.717, 1.165) is 29.1 Å². The molecule has 0 fully saturated rings. The molecule has 1 N–H and O–H groups in total. The van der Waals surface area contributed by atoms with Gasteiger partial charge in [-0.2, -0.15) is 0 Å². The summed E-state index contributed by atoms with van der Waals surface area (Å²) in [6.45, 7) is 2.07. The molecule has 0 bridgehead atoms. The minimum atomic E-state index is -0.0519. The number of nitrogens with one attached hydrogen (secondary N) is 1. The predicted octanol–water partition coefficient (Wildman–Crippen LogP) is 5.05. The Balaban J connectivity index is 1.50. The van der Waals surface area contributed by atoms with Crippen molar-refractivity contribution < 1.29 is 14.3 Å². The minimum Gasteiger partial charge on any atom is -0.497 e. The van der Waals surface area contributed by atoms with Gasteiger partial charge in [0.25, 0.3) is 5.91 Å². The zero-order valence-corrected chi connectivity index (χ0v) is 17.2. The van der Waals surface area contributed by atoms with Crippen molar-refractivity contribution in [2.45, 2.75) is 25.4 Å². The summed E-state index contributed by atoms with van der Waals surface area (Å²) >= 11 is 0. The number of anilines is 2. The SMILES string of the molecule is COc1ccc(OCC(=O)N2c3ccccc3[C@@H](Nc3ccccc3)C[C@@H]2C)cc1. The van der Waals surface area contributed by atoms with Crippen LogP contribution in [0.4, 0.5) is 11.4 Å². The number of ether oxygens (including phenoxy) is 2. The molecular weight excluding hydrogens is 376 g/mol. The molecule has 3 aromatic rings. The number of carbonyl (C=O) groups excluding carboxylic acids is 1. The van der Waals surface area contributed by atoms with Crippen LogP contribution in [0, 0.1) is 0 Å². The number of para-hydroxylation sites is 2. The summed E-state index contributed by atoms with van der Waals surface area (Å²) in [7, 11) is 1.62. The molecule has 5 heteroatoms. The van der Waals surface area contributed by atoms with Gasteiger partial charge in [0, 0.05) is 17.4 Å². The van der Waals surface area contributed by atoms with Crippen LogP contribution in [0.3, 0.4) is 0 Å². The maximum Gasteiger partial charge on any atom is 0.265 e. The third-order valence-electron chi connectivity index (χ3n) is 5.39. The average molecular weight is 402 g/mol. The molecule has 3 aromatic carbocycles. The van der Waals surface area contributed by atoms with Gasteiger partial charge in [0.2, 0.25) is 0 Å². The molecule has 30 heavy (non-hydrogen) atoms. The normalized spacial score (nSPS) is 17.7. The summed E-state index contributed by atoms with van der Waals surface area (Å²) in [5.41, 5.74) is 3.14. The molecule has 1 aliphatic rings. The summed E-state index contributed by atoms with van der Waals surface area (Å²) in [5, 5.41) is 3.61. The van der Waals surface area contributed by atoms with Gasteiger partial charge in [-0.05, 0) is 61.4 Å². The predicted molar refractivity (Wildman–Crippen MR) is 119 cm³/mol. The van der Waals surface area contributed by atoms with Crippen molar-refractivity contribution >= 4 is 17.3 Å². The lowest BCUT2D eigenvalue weighted by atomic mass is 9.91. The first-order chi connectivity index (χ1) is 14.7. The number of benzene rings is 3. The van der Waals surface area contributed by atoms with Crippen LogP contribution in [-0.4, -0.2) is 25.7 Å². The van der Waals surface area contributed by atoms with Crippen LogP contribution in [-0.2, 0) is 4.79 Å². The number of nitrogens with zero attached hydrogens (tertiary/aromatic N) is 1. The zero-order chi connectivity index (χ0) is 20.9. The third-order valence-corrected chi connectivity index (χ3v) is 5.39. The Hall–Kier alpha value is -3.47. The topological polar surface area (TPSA) is 50.8 Å². The Labute approximate surface area is 177 Å². The maximum atomic E-state index is 13.1. The highest BCUT2D eigenvalue weighted by molar-refractivity contribution is 5.96. The zero-order valence-electron chi connectivity index (χ0n) is 17.2. The van der Waals surface area contributed by atoms with E-state index in [0.29, 0.717) is 5.75 Å². The average Bonchev–Trinajstić information content (AvgIpc) is 2.78. The number of amides is 1. The van der Waals surface area contributed by atoms with Gasteiger partial charge in [0.05, 0.1) is 13.2 Å². The maximum absolute atomic E-state index is 13.1. The van der Waals surface area contributed by atoms with E-state index in [1.807, 2.05) is 53.4 Å². The van der Waals surface area contributed by atoms with Crippen molar-refractivity contribution in [3.8, 4) is 11.5 Å². The summed E-state index contributed by atoms with van der Waals surface area (Å²) in [6, 6.07) is 25.7. The Morgan fingerprint density at radius 2 is 1.63 bits per heavy atom. The van der Waals surface area contributed by atoms with Crippen molar-refractivity contribution in [3.05, 3.63) is 84.4 Å². The van der Waals surface area contributed by atoms with Crippen LogP contribution in [0.25, 0.3) is 0 Å². The van der Waals surface area contributed by atoms with Crippen LogP contribution in [0.1, 0.15) is 24.9 Å². The molecule has 0 unspecified atom stereocenters. The summed E-state index contributed by atoms with van der Waals surface area (Å²) in [6.07, 6.45) is 0.820. The standard InChI is InChI=1S/C25H26N2O3/c1-18-16-23(26-19-8-4-3-5-9-19)22-10-6-7-11-24(22)27(18)25(28)17-30-21-14-12-20(29-2)13-15-21/h3-15,18,23,26H,16-17H2,1-2H3/t18-,23-/m0/s1. The van der Waals surface area contributed by atoms with E-state index in [1.165, 1.54) is 0 Å². The molecule has 154 valence electrons. The lowest BCUT2D eigenvalue weighted by molar-refractivity contribution is -0.121. The van der Waals surface area contributed by atoms with Gasteiger partial charge >= 0.3 is 0 Å². The monoisotopic (exact) mass is 402 g/mol. The van der Waals surface area contributed by atoms with Crippen molar-refractivity contribution in [3.63, 3.8) is 0 Å². The highest BCUT2D eigenvalue weighted by Crippen LogP contribution is 2.38. The molecule has 1 heterocycles. The largest absolute Gasteiger partial charge is 0.497 e. The van der Waals surface area contributed by atoms with E-state index in [4.69, 9.17) is 9.47 Å². The van der Waals surface area contributed by atoms with E-state index in [1.54, 1.807) is 19.2 Å². The van der Waals surface area contributed by atoms with Crippen LogP contribution in [0.15, 0.2) is 78.9 Å². The number of hydrogen-bond acceptors (Lipinski definition) is 4. The van der Waals surface area contributed by atoms with Gasteiger partial charge in [-0.3, -0.25) is 4.79 Å². The van der Waals surface area contributed by atoms with Crippen LogP contribution in [0.5, 0.6) is 11.5 Å². The molecule has 0 radical (unpaired) electrons. The molecule has 5 nitrogen and oxygen atoms in total. The van der Waals surface area contributed by atoms with Gasteiger partial charge in [0.15, 0.2) is 6.61 Å². The van der Waals surface area contributed by atoms with Gasteiger partial charge in [-0.15, -0.1) is 0 Å². The first-order valence-electron chi connectivity index (χ1n) is 10.1. The van der Waals surface area contributed by atoms with Crippen molar-refractivity contribution in [1.29, 1.82) is 0 Å². The Morgan fingerprint density at radius 1 is 0.967 bits per heavy atom. The third kappa shape index (κ3) is 4.25. The second-order valence-electron chi connectivity index (χ2n) is 7.43. The molecule has 1 amide bonds. The Morgan fingerprint density at radius 3 is 2.37 bits per heavy atom. The Kier molecular flexibility index (Phi) is 5.89. The van der Waals surface area contributed by atoms with E-state index in [-0.39, 0.29) is 24.6 Å². The van der Waals surface area contributed by atoms with Crippen LogP contribution >= 0.6 is 0 Å². The van der Waals surface area contributed by atoms with E-state index >= 15 is 0 Å². The molecule has 4 rings (SSSR count). The fourth-order valence-corrected chi connectivity index (χ4v) is 3.95. The van der Waals surface area contributed by atoms with Gasteiger partial charge in [-0.1, -0.05) is 36.4 Å². The summed E-state index contributed by atoms with van der Waals surface area (Å²) in [5.74, 6) is 1.35. The van der Waals surface area contributed by atoms with Crippen molar-refractivity contribution in [1.82, 2.24) is 0 Å². The highest BCUT2D eigenvalue weighted by atomic mass is 16.5. The summed E-state index contributed by atoms with van der Waals surface area (Å²) < 4.78 is 10.9. The van der Waals surface area contributed by atoms with E-state index in [9.17, 15) is 4.79 Å². The fourth-order valence-electron chi connectivity index (χ4n) is 3.95.